The van der Waals surface area contributed by atoms with Crippen molar-refractivity contribution in [3.05, 3.63) is 94.8 Å². The van der Waals surface area contributed by atoms with Crippen molar-refractivity contribution in [1.29, 1.82) is 0 Å². The van der Waals surface area contributed by atoms with Crippen LogP contribution < -0.4 is 10.1 Å². The summed E-state index contributed by atoms with van der Waals surface area (Å²) in [6.07, 6.45) is 1.96. The van der Waals surface area contributed by atoms with Crippen LogP contribution in [0.15, 0.2) is 66.7 Å². The van der Waals surface area contributed by atoms with Crippen molar-refractivity contribution in [3.8, 4) is 5.75 Å². The second kappa shape index (κ2) is 9.53. The zero-order valence-corrected chi connectivity index (χ0v) is 20.0. The lowest BCUT2D eigenvalue weighted by Crippen LogP contribution is -2.41. The first-order valence-corrected chi connectivity index (χ1v) is 12.1. The molecule has 0 aromatic heterocycles. The third-order valence-corrected chi connectivity index (χ3v) is 6.74. The highest BCUT2D eigenvalue weighted by Gasteiger charge is 2.39. The fourth-order valence-corrected chi connectivity index (χ4v) is 4.61. The quantitative estimate of drug-likeness (QED) is 0.521. The Hall–Kier alpha value is -3.67. The number of nitrogens with zero attached hydrogens (tertiary/aromatic N) is 1. The molecule has 2 atom stereocenters. The molecule has 180 valence electrons. The van der Waals surface area contributed by atoms with Crippen LogP contribution >= 0.6 is 0 Å². The van der Waals surface area contributed by atoms with Crippen LogP contribution in [0.25, 0.3) is 0 Å². The highest BCUT2D eigenvalue weighted by Crippen LogP contribution is 2.41. The summed E-state index contributed by atoms with van der Waals surface area (Å²) in [4.78, 5) is 27.8. The van der Waals surface area contributed by atoms with Gasteiger partial charge < -0.3 is 15.0 Å². The van der Waals surface area contributed by atoms with Gasteiger partial charge in [0.2, 0.25) is 5.91 Å². The van der Waals surface area contributed by atoms with Crippen LogP contribution in [0.1, 0.15) is 48.1 Å². The highest BCUT2D eigenvalue weighted by molar-refractivity contribution is 5.94. The van der Waals surface area contributed by atoms with E-state index < -0.39 is 6.10 Å². The number of nitrogens with one attached hydrogen (secondary N) is 1. The number of benzene rings is 3. The van der Waals surface area contributed by atoms with E-state index in [2.05, 4.69) is 36.5 Å². The van der Waals surface area contributed by atoms with E-state index in [1.54, 1.807) is 6.92 Å². The number of rotatable bonds is 6. The normalized spacial score (nSPS) is 17.9. The summed E-state index contributed by atoms with van der Waals surface area (Å²) in [5, 5.41) is 2.75. The van der Waals surface area contributed by atoms with E-state index in [1.807, 2.05) is 23.1 Å². The Morgan fingerprint density at radius 1 is 1.03 bits per heavy atom. The van der Waals surface area contributed by atoms with E-state index in [4.69, 9.17) is 4.74 Å². The van der Waals surface area contributed by atoms with E-state index in [-0.39, 0.29) is 29.6 Å². The first-order valence-electron chi connectivity index (χ1n) is 12.1. The molecule has 1 saturated carbocycles. The van der Waals surface area contributed by atoms with Gasteiger partial charge in [-0.1, -0.05) is 35.9 Å². The molecule has 2 aliphatic rings. The van der Waals surface area contributed by atoms with Crippen molar-refractivity contribution >= 4 is 17.5 Å². The average Bonchev–Trinajstić information content (AvgIpc) is 3.70. The SMILES string of the molecule is Cc1ccc(C2c3cc(OC(C)C(=O)Nc4ccc(F)cc4)ccc3CCN2C(=O)C2CC2)cc1. The van der Waals surface area contributed by atoms with Crippen LogP contribution in [0.3, 0.4) is 0 Å². The Morgan fingerprint density at radius 2 is 1.74 bits per heavy atom. The lowest BCUT2D eigenvalue weighted by atomic mass is 9.87. The topological polar surface area (TPSA) is 58.6 Å². The van der Waals surface area contributed by atoms with Gasteiger partial charge in [0.05, 0.1) is 6.04 Å². The number of amides is 2. The summed E-state index contributed by atoms with van der Waals surface area (Å²) < 4.78 is 19.2. The van der Waals surface area contributed by atoms with Crippen LogP contribution in [-0.2, 0) is 16.0 Å². The number of aryl methyl sites for hydroxylation is 1. The molecule has 3 aromatic rings. The maximum Gasteiger partial charge on any atom is 0.265 e. The molecular weight excluding hydrogens is 443 g/mol. The Bertz CT molecular complexity index is 1240. The second-order valence-electron chi connectivity index (χ2n) is 9.49. The van der Waals surface area contributed by atoms with Crippen molar-refractivity contribution in [2.75, 3.05) is 11.9 Å². The predicted octanol–water partition coefficient (Wildman–Crippen LogP) is 5.42. The molecule has 0 bridgehead atoms. The molecule has 1 fully saturated rings. The van der Waals surface area contributed by atoms with E-state index in [0.29, 0.717) is 18.0 Å². The Balaban J connectivity index is 1.40. The number of ether oxygens (including phenoxy) is 1. The molecule has 6 heteroatoms. The Labute approximate surface area is 204 Å². The highest BCUT2D eigenvalue weighted by atomic mass is 19.1. The molecule has 1 aliphatic heterocycles. The minimum Gasteiger partial charge on any atom is -0.481 e. The zero-order chi connectivity index (χ0) is 24.5. The van der Waals surface area contributed by atoms with E-state index >= 15 is 0 Å². The molecular formula is C29H29FN2O3. The smallest absolute Gasteiger partial charge is 0.265 e. The minimum atomic E-state index is -0.760. The van der Waals surface area contributed by atoms with Gasteiger partial charge in [-0.2, -0.15) is 0 Å². The molecule has 35 heavy (non-hydrogen) atoms. The number of hydrogen-bond donors (Lipinski definition) is 1. The fourth-order valence-electron chi connectivity index (χ4n) is 4.61. The first-order chi connectivity index (χ1) is 16.9. The van der Waals surface area contributed by atoms with Crippen molar-refractivity contribution < 1.29 is 18.7 Å². The lowest BCUT2D eigenvalue weighted by Gasteiger charge is -2.38. The van der Waals surface area contributed by atoms with Gasteiger partial charge in [-0.3, -0.25) is 9.59 Å². The maximum atomic E-state index is 13.2. The van der Waals surface area contributed by atoms with Crippen molar-refractivity contribution in [2.24, 2.45) is 5.92 Å². The van der Waals surface area contributed by atoms with Crippen molar-refractivity contribution in [1.82, 2.24) is 4.90 Å². The van der Waals surface area contributed by atoms with Gasteiger partial charge in [-0.15, -0.1) is 0 Å². The average molecular weight is 473 g/mol. The number of fused-ring (bicyclic) bond motifs is 1. The molecule has 0 saturated heterocycles. The second-order valence-corrected chi connectivity index (χ2v) is 9.49. The Kier molecular flexibility index (Phi) is 6.29. The number of halogens is 1. The molecule has 2 unspecified atom stereocenters. The number of hydrogen-bond acceptors (Lipinski definition) is 3. The predicted molar refractivity (Wildman–Crippen MR) is 133 cm³/mol. The van der Waals surface area contributed by atoms with E-state index in [0.717, 1.165) is 30.4 Å². The molecule has 5 rings (SSSR count). The third kappa shape index (κ3) is 5.06. The summed E-state index contributed by atoms with van der Waals surface area (Å²) in [6, 6.07) is 19.6. The number of anilines is 1. The van der Waals surface area contributed by atoms with E-state index in [9.17, 15) is 14.0 Å². The van der Waals surface area contributed by atoms with Gasteiger partial charge in [-0.25, -0.2) is 4.39 Å². The molecule has 1 aliphatic carbocycles. The summed E-state index contributed by atoms with van der Waals surface area (Å²) in [7, 11) is 0. The summed E-state index contributed by atoms with van der Waals surface area (Å²) in [6.45, 7) is 4.42. The van der Waals surface area contributed by atoms with Gasteiger partial charge in [0.1, 0.15) is 11.6 Å². The van der Waals surface area contributed by atoms with Crippen LogP contribution in [0, 0.1) is 18.7 Å². The summed E-state index contributed by atoms with van der Waals surface area (Å²) in [5.41, 5.74) is 4.97. The molecule has 0 radical (unpaired) electrons. The fraction of sp³-hybridized carbons (Fsp3) is 0.310. The molecule has 3 aromatic carbocycles. The lowest BCUT2D eigenvalue weighted by molar-refractivity contribution is -0.134. The van der Waals surface area contributed by atoms with E-state index in [1.165, 1.54) is 35.4 Å². The van der Waals surface area contributed by atoms with Crippen molar-refractivity contribution in [3.63, 3.8) is 0 Å². The van der Waals surface area contributed by atoms with Crippen LogP contribution in [0.5, 0.6) is 5.75 Å². The maximum absolute atomic E-state index is 13.2. The molecule has 1 N–H and O–H groups in total. The number of carbonyl (C=O) groups excluding carboxylic acids is 2. The zero-order valence-electron chi connectivity index (χ0n) is 20.0. The van der Waals surface area contributed by atoms with Crippen LogP contribution in [0.4, 0.5) is 10.1 Å². The summed E-state index contributed by atoms with van der Waals surface area (Å²) in [5.74, 6) is 0.246. The first kappa shape index (κ1) is 23.1. The molecule has 2 amide bonds. The standard InChI is InChI=1S/C29H29FN2O3/c1-18-3-5-21(6-4-18)27-26-17-25(14-9-20(26)15-16-32(27)29(34)22-7-8-22)35-19(2)28(33)31-24-12-10-23(30)11-13-24/h3-6,9-14,17,19,22,27H,7-8,15-16H2,1-2H3,(H,31,33). The van der Waals surface area contributed by atoms with Gasteiger partial charge in [0.25, 0.3) is 5.91 Å². The summed E-state index contributed by atoms with van der Waals surface area (Å²) >= 11 is 0. The third-order valence-electron chi connectivity index (χ3n) is 6.74. The molecule has 0 spiro atoms. The monoisotopic (exact) mass is 472 g/mol. The largest absolute Gasteiger partial charge is 0.481 e. The van der Waals surface area contributed by atoms with Crippen molar-refractivity contribution in [2.45, 2.75) is 45.3 Å². The van der Waals surface area contributed by atoms with Gasteiger partial charge in [0.15, 0.2) is 6.10 Å². The van der Waals surface area contributed by atoms with Gasteiger partial charge >= 0.3 is 0 Å². The van der Waals surface area contributed by atoms with Crippen LogP contribution in [-0.4, -0.2) is 29.4 Å². The molecule has 1 heterocycles. The van der Waals surface area contributed by atoms with Crippen LogP contribution in [0.2, 0.25) is 0 Å². The number of carbonyl (C=O) groups is 2. The van der Waals surface area contributed by atoms with Gasteiger partial charge in [0, 0.05) is 18.2 Å². The Morgan fingerprint density at radius 3 is 2.43 bits per heavy atom. The molecule has 5 nitrogen and oxygen atoms in total. The van der Waals surface area contributed by atoms with Gasteiger partial charge in [-0.05, 0) is 86.2 Å². The minimum absolute atomic E-state index is 0.138.